The minimum atomic E-state index is -1.60. The molecule has 2 aromatic carbocycles. The van der Waals surface area contributed by atoms with Crippen molar-refractivity contribution in [3.63, 3.8) is 0 Å². The summed E-state index contributed by atoms with van der Waals surface area (Å²) in [7, 11) is 0. The van der Waals surface area contributed by atoms with Crippen molar-refractivity contribution >= 4 is 27.9 Å². The van der Waals surface area contributed by atoms with Crippen LogP contribution >= 0.6 is 0 Å². The zero-order chi connectivity index (χ0) is 16.2. The number of rotatable bonds is 1. The quantitative estimate of drug-likeness (QED) is 0.400. The molecule has 22 heavy (non-hydrogen) atoms. The first-order chi connectivity index (χ1) is 10.3. The third-order valence-electron chi connectivity index (χ3n) is 3.36. The molecule has 3 rings (SSSR count). The molecule has 7 heteroatoms. The normalized spacial score (nSPS) is 11.1. The van der Waals surface area contributed by atoms with Crippen molar-refractivity contribution in [3.8, 4) is 17.2 Å². The van der Waals surface area contributed by atoms with Gasteiger partial charge in [-0.05, 0) is 24.6 Å². The number of carboxylic acids is 1. The lowest BCUT2D eigenvalue weighted by Crippen LogP contribution is -2.09. The molecular weight excluding hydrogens is 292 g/mol. The largest absolute Gasteiger partial charge is 0.507 e. The fourth-order valence-corrected chi connectivity index (χ4v) is 2.44. The van der Waals surface area contributed by atoms with Crippen LogP contribution in [0.25, 0.3) is 21.9 Å². The summed E-state index contributed by atoms with van der Waals surface area (Å²) in [4.78, 5) is 23.8. The number of hydrogen-bond donors (Lipinski definition) is 4. The second kappa shape index (κ2) is 4.39. The van der Waals surface area contributed by atoms with Crippen molar-refractivity contribution in [1.82, 2.24) is 0 Å². The Hall–Kier alpha value is -3.22. The molecule has 0 unspecified atom stereocenters. The molecule has 0 bridgehead atoms. The number of hydrogen-bond acceptors (Lipinski definition) is 6. The van der Waals surface area contributed by atoms with Gasteiger partial charge in [-0.2, -0.15) is 0 Å². The van der Waals surface area contributed by atoms with Gasteiger partial charge in [0.1, 0.15) is 27.9 Å². The number of aryl methyl sites for hydroxylation is 1. The van der Waals surface area contributed by atoms with Crippen molar-refractivity contribution in [3.05, 3.63) is 39.5 Å². The van der Waals surface area contributed by atoms with Gasteiger partial charge in [-0.25, -0.2) is 4.79 Å². The van der Waals surface area contributed by atoms with Gasteiger partial charge in [0, 0.05) is 6.07 Å². The Bertz CT molecular complexity index is 1010. The zero-order valence-corrected chi connectivity index (χ0v) is 11.2. The average Bonchev–Trinajstić information content (AvgIpc) is 2.39. The van der Waals surface area contributed by atoms with Crippen LogP contribution in [0.3, 0.4) is 0 Å². The van der Waals surface area contributed by atoms with E-state index in [1.807, 2.05) is 0 Å². The summed E-state index contributed by atoms with van der Waals surface area (Å²) in [5.41, 5.74) is -1.09. The van der Waals surface area contributed by atoms with Crippen LogP contribution in [-0.2, 0) is 0 Å². The van der Waals surface area contributed by atoms with Crippen molar-refractivity contribution < 1.29 is 29.6 Å². The molecule has 1 heterocycles. The van der Waals surface area contributed by atoms with Gasteiger partial charge < -0.3 is 24.8 Å². The highest BCUT2D eigenvalue weighted by molar-refractivity contribution is 6.08. The zero-order valence-electron chi connectivity index (χ0n) is 11.2. The number of carboxylic acid groups (broad SMARTS) is 1. The van der Waals surface area contributed by atoms with Gasteiger partial charge in [0.2, 0.25) is 5.43 Å². The highest BCUT2D eigenvalue weighted by Gasteiger charge is 2.24. The topological polar surface area (TPSA) is 128 Å². The smallest absolute Gasteiger partial charge is 0.340 e. The minimum Gasteiger partial charge on any atom is -0.507 e. The molecule has 0 radical (unpaired) electrons. The molecule has 0 saturated carbocycles. The standard InChI is InChI=1S/C15H10O7/c1-5-2-6(16)10-8(3-5)22-9-4-7(17)13(18)12(15(20)21)11(9)14(10)19/h2-4,16-18H,1H3,(H,20,21). The molecule has 1 aromatic heterocycles. The molecule has 0 saturated heterocycles. The summed E-state index contributed by atoms with van der Waals surface area (Å²) < 4.78 is 5.42. The van der Waals surface area contributed by atoms with E-state index in [0.717, 1.165) is 6.07 Å². The first kappa shape index (κ1) is 13.7. The molecule has 0 aliphatic carbocycles. The van der Waals surface area contributed by atoms with Gasteiger partial charge in [0.05, 0.1) is 5.39 Å². The molecule has 0 fully saturated rings. The molecule has 4 N–H and O–H groups in total. The van der Waals surface area contributed by atoms with Gasteiger partial charge in [0.15, 0.2) is 11.5 Å². The van der Waals surface area contributed by atoms with E-state index < -0.39 is 33.8 Å². The van der Waals surface area contributed by atoms with Crippen LogP contribution in [0.15, 0.2) is 27.4 Å². The van der Waals surface area contributed by atoms with E-state index in [9.17, 15) is 30.0 Å². The number of phenolic OH excluding ortho intramolecular Hbond substituents is 2. The first-order valence-electron chi connectivity index (χ1n) is 6.19. The van der Waals surface area contributed by atoms with Crippen LogP contribution in [0.1, 0.15) is 15.9 Å². The lowest BCUT2D eigenvalue weighted by Gasteiger charge is -2.09. The maximum atomic E-state index is 12.5. The van der Waals surface area contributed by atoms with E-state index in [-0.39, 0.29) is 22.3 Å². The number of benzene rings is 2. The Labute approximate surface area is 122 Å². The molecule has 3 aromatic rings. The van der Waals surface area contributed by atoms with Crippen molar-refractivity contribution in [1.29, 1.82) is 0 Å². The summed E-state index contributed by atoms with van der Waals surface area (Å²) in [6.07, 6.45) is 0. The molecule has 7 nitrogen and oxygen atoms in total. The van der Waals surface area contributed by atoms with Gasteiger partial charge in [-0.1, -0.05) is 0 Å². The van der Waals surface area contributed by atoms with Crippen molar-refractivity contribution in [2.45, 2.75) is 6.92 Å². The Kier molecular flexibility index (Phi) is 2.74. The summed E-state index contributed by atoms with van der Waals surface area (Å²) in [5.74, 6) is -3.60. The Morgan fingerprint density at radius 1 is 1.00 bits per heavy atom. The SMILES string of the molecule is Cc1cc(O)c2c(=O)c3c(C(=O)O)c(O)c(O)cc3oc2c1. The van der Waals surface area contributed by atoms with E-state index in [1.54, 1.807) is 6.92 Å². The lowest BCUT2D eigenvalue weighted by molar-refractivity contribution is 0.0695. The fourth-order valence-electron chi connectivity index (χ4n) is 2.44. The van der Waals surface area contributed by atoms with Crippen LogP contribution in [0.5, 0.6) is 17.2 Å². The molecule has 0 aliphatic heterocycles. The Morgan fingerprint density at radius 3 is 2.27 bits per heavy atom. The predicted octanol–water partition coefficient (Wildman–Crippen LogP) is 2.07. The third kappa shape index (κ3) is 1.76. The van der Waals surface area contributed by atoms with E-state index >= 15 is 0 Å². The van der Waals surface area contributed by atoms with E-state index in [4.69, 9.17) is 4.42 Å². The number of aromatic hydroxyl groups is 3. The van der Waals surface area contributed by atoms with Gasteiger partial charge in [-0.3, -0.25) is 4.79 Å². The van der Waals surface area contributed by atoms with E-state index in [2.05, 4.69) is 0 Å². The fraction of sp³-hybridized carbons (Fsp3) is 0.0667. The Balaban J connectivity index is 2.67. The average molecular weight is 302 g/mol. The molecule has 0 atom stereocenters. The maximum absolute atomic E-state index is 12.5. The number of phenols is 3. The van der Waals surface area contributed by atoms with Gasteiger partial charge >= 0.3 is 5.97 Å². The highest BCUT2D eigenvalue weighted by Crippen LogP contribution is 2.36. The molecule has 0 amide bonds. The lowest BCUT2D eigenvalue weighted by atomic mass is 10.0. The predicted molar refractivity (Wildman–Crippen MR) is 76.7 cm³/mol. The third-order valence-corrected chi connectivity index (χ3v) is 3.36. The van der Waals surface area contributed by atoms with E-state index in [0.29, 0.717) is 5.56 Å². The summed E-state index contributed by atoms with van der Waals surface area (Å²) in [6, 6.07) is 3.80. The van der Waals surface area contributed by atoms with Crippen LogP contribution in [-0.4, -0.2) is 26.4 Å². The van der Waals surface area contributed by atoms with Gasteiger partial charge in [0.25, 0.3) is 0 Å². The monoisotopic (exact) mass is 302 g/mol. The molecule has 0 aliphatic rings. The minimum absolute atomic E-state index is 0.0522. The van der Waals surface area contributed by atoms with Crippen LogP contribution in [0.2, 0.25) is 0 Å². The number of aromatic carboxylic acids is 1. The van der Waals surface area contributed by atoms with Crippen LogP contribution in [0, 0.1) is 6.92 Å². The number of carbonyl (C=O) groups is 1. The molecule has 0 spiro atoms. The van der Waals surface area contributed by atoms with Crippen LogP contribution in [0.4, 0.5) is 0 Å². The van der Waals surface area contributed by atoms with Crippen molar-refractivity contribution in [2.75, 3.05) is 0 Å². The van der Waals surface area contributed by atoms with E-state index in [1.165, 1.54) is 12.1 Å². The molecule has 112 valence electrons. The highest BCUT2D eigenvalue weighted by atomic mass is 16.4. The number of fused-ring (bicyclic) bond motifs is 2. The maximum Gasteiger partial charge on any atom is 0.340 e. The Morgan fingerprint density at radius 2 is 1.64 bits per heavy atom. The van der Waals surface area contributed by atoms with Crippen LogP contribution < -0.4 is 5.43 Å². The molecular formula is C15H10O7. The summed E-state index contributed by atoms with van der Waals surface area (Å²) >= 11 is 0. The second-order valence-corrected chi connectivity index (χ2v) is 4.89. The second-order valence-electron chi connectivity index (χ2n) is 4.89. The van der Waals surface area contributed by atoms with Gasteiger partial charge in [-0.15, -0.1) is 0 Å². The van der Waals surface area contributed by atoms with Crippen molar-refractivity contribution in [2.24, 2.45) is 0 Å². The first-order valence-corrected chi connectivity index (χ1v) is 6.19. The summed E-state index contributed by atoms with van der Waals surface area (Å²) in [6.45, 7) is 1.68. The summed E-state index contributed by atoms with van der Waals surface area (Å²) in [5, 5.41) is 37.8.